The first kappa shape index (κ1) is 18.5. The normalized spacial score (nSPS) is 10.6. The molecular weight excluding hydrogens is 351 g/mol. The van der Waals surface area contributed by atoms with E-state index in [4.69, 9.17) is 9.84 Å². The Balaban J connectivity index is 1.95. The molecule has 0 amide bonds. The minimum Gasteiger partial charge on any atom is -0.484 e. The van der Waals surface area contributed by atoms with Crippen molar-refractivity contribution in [1.82, 2.24) is 14.5 Å². The first-order chi connectivity index (χ1) is 13.1. The van der Waals surface area contributed by atoms with E-state index in [-0.39, 0.29) is 31.0 Å². The van der Waals surface area contributed by atoms with Crippen molar-refractivity contribution in [2.24, 2.45) is 0 Å². The average Bonchev–Trinajstić information content (AvgIpc) is 2.66. The number of aliphatic hydroxyl groups is 1. The molecule has 0 aliphatic heterocycles. The van der Waals surface area contributed by atoms with Gasteiger partial charge in [-0.1, -0.05) is 0 Å². The third-order valence-corrected chi connectivity index (χ3v) is 3.76. The van der Waals surface area contributed by atoms with E-state index in [2.05, 4.69) is 15.3 Å². The number of halogens is 1. The number of hydrogen-bond donors (Lipinski definition) is 2. The molecule has 8 heteroatoms. The molecule has 0 unspecified atom stereocenters. The van der Waals surface area contributed by atoms with Crippen molar-refractivity contribution in [2.75, 3.05) is 18.5 Å². The van der Waals surface area contributed by atoms with Gasteiger partial charge in [-0.2, -0.15) is 0 Å². The van der Waals surface area contributed by atoms with Crippen LogP contribution >= 0.6 is 0 Å². The fourth-order valence-electron chi connectivity index (χ4n) is 2.59. The maximum atomic E-state index is 14.3. The van der Waals surface area contributed by atoms with Gasteiger partial charge in [0, 0.05) is 30.6 Å². The van der Waals surface area contributed by atoms with E-state index in [9.17, 15) is 9.18 Å². The number of nitrogens with zero attached hydrogens (tertiary/aromatic N) is 3. The molecule has 1 aromatic carbocycles. The van der Waals surface area contributed by atoms with Crippen LogP contribution in [-0.2, 0) is 6.61 Å². The van der Waals surface area contributed by atoms with Crippen LogP contribution in [0.4, 0.5) is 10.1 Å². The largest absolute Gasteiger partial charge is 0.484 e. The highest BCUT2D eigenvalue weighted by molar-refractivity contribution is 5.50. The zero-order chi connectivity index (χ0) is 19.2. The lowest BCUT2D eigenvalue weighted by molar-refractivity contribution is 0.290. The predicted molar refractivity (Wildman–Crippen MR) is 98.7 cm³/mol. The number of anilines is 1. The topological polar surface area (TPSA) is 89.3 Å². The molecule has 0 fully saturated rings. The molecule has 0 saturated carbocycles. The second-order valence-corrected chi connectivity index (χ2v) is 5.78. The monoisotopic (exact) mass is 370 g/mol. The van der Waals surface area contributed by atoms with Crippen molar-refractivity contribution < 1.29 is 14.2 Å². The number of aryl methyl sites for hydroxylation is 1. The van der Waals surface area contributed by atoms with E-state index >= 15 is 0 Å². The van der Waals surface area contributed by atoms with Crippen molar-refractivity contribution in [2.45, 2.75) is 13.5 Å². The van der Waals surface area contributed by atoms with Gasteiger partial charge in [0.15, 0.2) is 5.82 Å². The van der Waals surface area contributed by atoms with E-state index < -0.39 is 5.82 Å². The summed E-state index contributed by atoms with van der Waals surface area (Å²) in [5.41, 5.74) is 0.795. The molecule has 2 heterocycles. The minimum atomic E-state index is -0.535. The molecule has 0 atom stereocenters. The number of aromatic nitrogens is 3. The summed E-state index contributed by atoms with van der Waals surface area (Å²) in [6.07, 6.45) is 3.18. The van der Waals surface area contributed by atoms with E-state index in [0.29, 0.717) is 23.0 Å². The van der Waals surface area contributed by atoms with Crippen LogP contribution in [0.25, 0.3) is 5.69 Å². The molecule has 0 bridgehead atoms. The lowest BCUT2D eigenvalue weighted by Gasteiger charge is -2.15. The van der Waals surface area contributed by atoms with E-state index in [1.54, 1.807) is 37.5 Å². The zero-order valence-corrected chi connectivity index (χ0v) is 14.7. The minimum absolute atomic E-state index is 0.0226. The third-order valence-electron chi connectivity index (χ3n) is 3.76. The Morgan fingerprint density at radius 1 is 1.30 bits per heavy atom. The second-order valence-electron chi connectivity index (χ2n) is 5.78. The maximum Gasteiger partial charge on any atom is 0.258 e. The summed E-state index contributed by atoms with van der Waals surface area (Å²) >= 11 is 0. The number of hydrogen-bond acceptors (Lipinski definition) is 6. The number of rotatable bonds is 7. The third kappa shape index (κ3) is 4.48. The number of aliphatic hydroxyl groups excluding tert-OH is 1. The van der Waals surface area contributed by atoms with Crippen LogP contribution in [0.15, 0.2) is 53.6 Å². The standard InChI is InChI=1S/C19H19FN4O3/c1-13-9-19(26)24(14-4-5-17(16(20)10-14)22-7-8-25)18(23-13)12-27-15-3-2-6-21-11-15/h2-6,9-11,22,25H,7-8,12H2,1H3. The van der Waals surface area contributed by atoms with Gasteiger partial charge in [0.25, 0.3) is 5.56 Å². The summed E-state index contributed by atoms with van der Waals surface area (Å²) in [5.74, 6) is 0.349. The number of ether oxygens (including phenoxy) is 1. The second kappa shape index (κ2) is 8.41. The van der Waals surface area contributed by atoms with E-state index in [1.165, 1.54) is 22.8 Å². The Morgan fingerprint density at radius 2 is 2.15 bits per heavy atom. The van der Waals surface area contributed by atoms with E-state index in [0.717, 1.165) is 0 Å². The van der Waals surface area contributed by atoms with Gasteiger partial charge in [0.05, 0.1) is 24.2 Å². The Labute approximate surface area is 155 Å². The number of pyridine rings is 1. The molecule has 140 valence electrons. The molecule has 0 radical (unpaired) electrons. The van der Waals surface area contributed by atoms with Gasteiger partial charge in [0.1, 0.15) is 18.2 Å². The number of benzene rings is 1. The van der Waals surface area contributed by atoms with Gasteiger partial charge < -0.3 is 15.2 Å². The molecular formula is C19H19FN4O3. The first-order valence-electron chi connectivity index (χ1n) is 8.35. The van der Waals surface area contributed by atoms with Crippen LogP contribution in [0.3, 0.4) is 0 Å². The van der Waals surface area contributed by atoms with Crippen molar-refractivity contribution in [1.29, 1.82) is 0 Å². The maximum absolute atomic E-state index is 14.3. The number of nitrogens with one attached hydrogen (secondary N) is 1. The molecule has 0 aliphatic rings. The zero-order valence-electron chi connectivity index (χ0n) is 14.7. The Bertz CT molecular complexity index is 976. The van der Waals surface area contributed by atoms with E-state index in [1.807, 2.05) is 0 Å². The van der Waals surface area contributed by atoms with Crippen molar-refractivity contribution >= 4 is 5.69 Å². The average molecular weight is 370 g/mol. The molecule has 27 heavy (non-hydrogen) atoms. The van der Waals surface area contributed by atoms with Crippen molar-refractivity contribution in [3.8, 4) is 11.4 Å². The SMILES string of the molecule is Cc1cc(=O)n(-c2ccc(NCCO)c(F)c2)c(COc2cccnc2)n1. The van der Waals surface area contributed by atoms with Gasteiger partial charge >= 0.3 is 0 Å². The summed E-state index contributed by atoms with van der Waals surface area (Å²) in [6, 6.07) is 9.22. The van der Waals surface area contributed by atoms with Crippen LogP contribution < -0.4 is 15.6 Å². The van der Waals surface area contributed by atoms with Crippen LogP contribution in [0.5, 0.6) is 5.75 Å². The highest BCUT2D eigenvalue weighted by atomic mass is 19.1. The lowest BCUT2D eigenvalue weighted by Crippen LogP contribution is -2.25. The highest BCUT2D eigenvalue weighted by Crippen LogP contribution is 2.19. The summed E-state index contributed by atoms with van der Waals surface area (Å²) in [5, 5.41) is 11.6. The Morgan fingerprint density at radius 3 is 2.85 bits per heavy atom. The summed E-state index contributed by atoms with van der Waals surface area (Å²) in [4.78, 5) is 20.9. The fraction of sp³-hybridized carbons (Fsp3) is 0.211. The van der Waals surface area contributed by atoms with Gasteiger partial charge in [-0.05, 0) is 31.2 Å². The van der Waals surface area contributed by atoms with Gasteiger partial charge in [-0.3, -0.25) is 14.3 Å². The van der Waals surface area contributed by atoms with Gasteiger partial charge in [-0.25, -0.2) is 9.37 Å². The molecule has 2 aromatic heterocycles. The molecule has 3 rings (SSSR count). The smallest absolute Gasteiger partial charge is 0.258 e. The summed E-state index contributed by atoms with van der Waals surface area (Å²) in [7, 11) is 0. The first-order valence-corrected chi connectivity index (χ1v) is 8.35. The molecule has 2 N–H and O–H groups in total. The fourth-order valence-corrected chi connectivity index (χ4v) is 2.59. The molecule has 0 saturated heterocycles. The van der Waals surface area contributed by atoms with Crippen molar-refractivity contribution in [3.05, 3.63) is 76.5 Å². The summed E-state index contributed by atoms with van der Waals surface area (Å²) < 4.78 is 21.3. The summed E-state index contributed by atoms with van der Waals surface area (Å²) in [6.45, 7) is 1.85. The molecule has 3 aromatic rings. The Kier molecular flexibility index (Phi) is 5.77. The van der Waals surface area contributed by atoms with Crippen molar-refractivity contribution in [3.63, 3.8) is 0 Å². The highest BCUT2D eigenvalue weighted by Gasteiger charge is 2.12. The predicted octanol–water partition coefficient (Wildman–Crippen LogP) is 2.06. The molecule has 0 spiro atoms. The molecule has 0 aliphatic carbocycles. The van der Waals surface area contributed by atoms with Gasteiger partial charge in [-0.15, -0.1) is 0 Å². The Hall–Kier alpha value is -3.26. The van der Waals surface area contributed by atoms with Crippen LogP contribution in [0, 0.1) is 12.7 Å². The lowest BCUT2D eigenvalue weighted by atomic mass is 10.2. The quantitative estimate of drug-likeness (QED) is 0.662. The van der Waals surface area contributed by atoms with Crippen LogP contribution in [0.1, 0.15) is 11.5 Å². The van der Waals surface area contributed by atoms with Crippen LogP contribution in [-0.4, -0.2) is 32.8 Å². The van der Waals surface area contributed by atoms with Gasteiger partial charge in [0.2, 0.25) is 0 Å². The molecule has 7 nitrogen and oxygen atoms in total. The van der Waals surface area contributed by atoms with Crippen LogP contribution in [0.2, 0.25) is 0 Å².